The van der Waals surface area contributed by atoms with Gasteiger partial charge in [-0.25, -0.2) is 9.98 Å². The van der Waals surface area contributed by atoms with Gasteiger partial charge in [0.1, 0.15) is 15.9 Å². The molecule has 3 heterocycles. The Bertz CT molecular complexity index is 1350. The van der Waals surface area contributed by atoms with Gasteiger partial charge in [-0.3, -0.25) is 19.3 Å². The first-order valence-corrected chi connectivity index (χ1v) is 11.5. The maximum Gasteiger partial charge on any atom is 0.267 e. The molecule has 1 saturated carbocycles. The summed E-state index contributed by atoms with van der Waals surface area (Å²) in [5, 5.41) is 12.2. The fraction of sp³-hybridized carbons (Fsp3) is 0.478. The van der Waals surface area contributed by atoms with Crippen molar-refractivity contribution >= 4 is 22.7 Å². The molecule has 2 atom stereocenters. The fourth-order valence-corrected chi connectivity index (χ4v) is 5.25. The molecule has 0 spiro atoms. The summed E-state index contributed by atoms with van der Waals surface area (Å²) in [4.78, 5) is 21.7. The third-order valence-electron chi connectivity index (χ3n) is 6.74. The second kappa shape index (κ2) is 8.31. The highest BCUT2D eigenvalue weighted by atomic mass is 35.5. The zero-order valence-corrected chi connectivity index (χ0v) is 18.8. The molecule has 1 fully saturated rings. The van der Waals surface area contributed by atoms with E-state index >= 15 is 0 Å². The Morgan fingerprint density at radius 3 is 2.91 bits per heavy atom. The lowest BCUT2D eigenvalue weighted by molar-refractivity contribution is 0.465. The summed E-state index contributed by atoms with van der Waals surface area (Å²) < 4.78 is 16.8. The number of aliphatic imine (C=N–C) groups is 1. The standard InChI is InChI=1S/C23H26ClFN6O/c1-30-22(32)19(21(26)31-17-6-2-5-16(17)29-23(30)31)20(24)27-12-13-8-10-14(11-9-13)15-4-3-7-18(25)28-15/h8-10,16-17,26-27H,2-7,11-12H2,1H3/b15-14+,20-19?,26-21?. The first-order valence-electron chi connectivity index (χ1n) is 11.1. The van der Waals surface area contributed by atoms with Gasteiger partial charge in [0.25, 0.3) is 5.56 Å². The minimum Gasteiger partial charge on any atom is -0.371 e. The van der Waals surface area contributed by atoms with Gasteiger partial charge in [-0.15, -0.1) is 0 Å². The Balaban J connectivity index is 1.40. The van der Waals surface area contributed by atoms with Crippen molar-refractivity contribution in [2.24, 2.45) is 17.0 Å². The first-order chi connectivity index (χ1) is 15.4. The summed E-state index contributed by atoms with van der Waals surface area (Å²) in [5.41, 5.74) is 3.23. The van der Waals surface area contributed by atoms with Crippen LogP contribution in [0, 0.1) is 5.41 Å². The van der Waals surface area contributed by atoms with Gasteiger partial charge in [-0.2, -0.15) is 4.39 Å². The third kappa shape index (κ3) is 3.60. The zero-order chi connectivity index (χ0) is 22.4. The van der Waals surface area contributed by atoms with Crippen molar-refractivity contribution in [1.29, 1.82) is 5.41 Å². The normalized spacial score (nSPS) is 27.3. The van der Waals surface area contributed by atoms with E-state index in [-0.39, 0.29) is 39.5 Å². The van der Waals surface area contributed by atoms with Gasteiger partial charge < -0.3 is 5.32 Å². The zero-order valence-electron chi connectivity index (χ0n) is 18.0. The predicted molar refractivity (Wildman–Crippen MR) is 122 cm³/mol. The second-order valence-electron chi connectivity index (χ2n) is 8.75. The van der Waals surface area contributed by atoms with Crippen LogP contribution in [-0.2, 0) is 7.05 Å². The Morgan fingerprint density at radius 2 is 2.16 bits per heavy atom. The molecule has 2 aliphatic carbocycles. The van der Waals surface area contributed by atoms with Gasteiger partial charge in [0.05, 0.1) is 12.1 Å². The Morgan fingerprint density at radius 1 is 1.31 bits per heavy atom. The van der Waals surface area contributed by atoms with Crippen LogP contribution in [0.25, 0.3) is 5.16 Å². The number of halogens is 2. The molecule has 0 radical (unpaired) electrons. The van der Waals surface area contributed by atoms with Crippen LogP contribution < -0.4 is 27.2 Å². The summed E-state index contributed by atoms with van der Waals surface area (Å²) in [6.07, 6.45) is 11.7. The number of nitrogens with one attached hydrogen (secondary N) is 2. The molecule has 4 aliphatic rings. The largest absolute Gasteiger partial charge is 0.371 e. The molecule has 5 rings (SSSR count). The van der Waals surface area contributed by atoms with E-state index in [9.17, 15) is 9.18 Å². The smallest absolute Gasteiger partial charge is 0.267 e. The maximum atomic E-state index is 13.5. The number of aromatic nitrogens is 2. The van der Waals surface area contributed by atoms with E-state index in [4.69, 9.17) is 17.0 Å². The molecule has 2 aliphatic heterocycles. The predicted octanol–water partition coefficient (Wildman–Crippen LogP) is 1.98. The van der Waals surface area contributed by atoms with Crippen LogP contribution in [0.15, 0.2) is 49.9 Å². The molecular formula is C23H26ClFN6O. The molecule has 168 valence electrons. The van der Waals surface area contributed by atoms with E-state index in [1.165, 1.54) is 4.57 Å². The van der Waals surface area contributed by atoms with Crippen LogP contribution >= 0.6 is 11.6 Å². The van der Waals surface area contributed by atoms with Crippen molar-refractivity contribution in [2.45, 2.75) is 57.0 Å². The van der Waals surface area contributed by atoms with Crippen LogP contribution in [0.1, 0.15) is 51.0 Å². The summed E-state index contributed by atoms with van der Waals surface area (Å²) >= 11 is 6.53. The van der Waals surface area contributed by atoms with Crippen molar-refractivity contribution in [3.8, 4) is 0 Å². The number of allylic oxidation sites excluding steroid dienone is 4. The molecule has 0 amide bonds. The molecule has 0 saturated heterocycles. The van der Waals surface area contributed by atoms with Crippen molar-refractivity contribution in [3.63, 3.8) is 0 Å². The van der Waals surface area contributed by atoms with E-state index in [1.54, 1.807) is 7.05 Å². The Hall–Kier alpha value is -2.74. The van der Waals surface area contributed by atoms with Crippen LogP contribution in [0.5, 0.6) is 0 Å². The van der Waals surface area contributed by atoms with E-state index in [0.717, 1.165) is 48.9 Å². The molecule has 2 N–H and O–H groups in total. The van der Waals surface area contributed by atoms with Crippen LogP contribution in [-0.4, -0.2) is 27.7 Å². The minimum atomic E-state index is -0.320. The Labute approximate surface area is 189 Å². The van der Waals surface area contributed by atoms with Crippen LogP contribution in [0.2, 0.25) is 0 Å². The number of rotatable bonds is 3. The van der Waals surface area contributed by atoms with Crippen molar-refractivity contribution in [1.82, 2.24) is 14.5 Å². The van der Waals surface area contributed by atoms with Crippen molar-refractivity contribution in [2.75, 3.05) is 6.54 Å². The van der Waals surface area contributed by atoms with E-state index in [1.807, 2.05) is 16.7 Å². The van der Waals surface area contributed by atoms with Gasteiger partial charge in [0.15, 0.2) is 5.97 Å². The topological polar surface area (TPSA) is 87.5 Å². The number of fused-ring (bicyclic) bond motifs is 3. The fourth-order valence-electron chi connectivity index (χ4n) is 5.01. The van der Waals surface area contributed by atoms with Gasteiger partial charge in [-0.05, 0) is 49.7 Å². The molecular weight excluding hydrogens is 431 g/mol. The van der Waals surface area contributed by atoms with E-state index in [2.05, 4.69) is 21.4 Å². The lowest BCUT2D eigenvalue weighted by Crippen LogP contribution is -2.58. The molecule has 0 aromatic carbocycles. The van der Waals surface area contributed by atoms with Crippen LogP contribution in [0.3, 0.4) is 0 Å². The van der Waals surface area contributed by atoms with Gasteiger partial charge >= 0.3 is 0 Å². The lowest BCUT2D eigenvalue weighted by Gasteiger charge is -2.16. The van der Waals surface area contributed by atoms with Crippen molar-refractivity contribution in [3.05, 3.63) is 61.7 Å². The second-order valence-corrected chi connectivity index (χ2v) is 9.13. The maximum absolute atomic E-state index is 13.5. The average Bonchev–Trinajstić information content (AvgIpc) is 3.38. The molecule has 9 heteroatoms. The summed E-state index contributed by atoms with van der Waals surface area (Å²) in [7, 11) is 1.68. The highest BCUT2D eigenvalue weighted by Gasteiger charge is 2.34. The monoisotopic (exact) mass is 456 g/mol. The van der Waals surface area contributed by atoms with E-state index in [0.29, 0.717) is 25.0 Å². The van der Waals surface area contributed by atoms with Gasteiger partial charge in [0, 0.05) is 25.7 Å². The first kappa shape index (κ1) is 21.1. The third-order valence-corrected chi connectivity index (χ3v) is 7.06. The summed E-state index contributed by atoms with van der Waals surface area (Å²) in [5.74, 6) is -0.290. The molecule has 1 aromatic heterocycles. The summed E-state index contributed by atoms with van der Waals surface area (Å²) in [6, 6.07) is 0.282. The molecule has 7 nitrogen and oxygen atoms in total. The van der Waals surface area contributed by atoms with Gasteiger partial charge in [0.2, 0.25) is 5.62 Å². The number of hydrogen-bond donors (Lipinski definition) is 2. The lowest BCUT2D eigenvalue weighted by atomic mass is 9.97. The van der Waals surface area contributed by atoms with E-state index < -0.39 is 0 Å². The molecule has 0 bridgehead atoms. The molecule has 2 unspecified atom stereocenters. The van der Waals surface area contributed by atoms with Gasteiger partial charge in [-0.1, -0.05) is 29.8 Å². The molecule has 32 heavy (non-hydrogen) atoms. The SMILES string of the molecule is Cn1c(=O)c(=C(Cl)NCC2=CC/C(=C3\CCCC(F)=N3)C=C2)c(=N)n2c1=NC1CCCC12. The Kier molecular flexibility index (Phi) is 5.49. The highest BCUT2D eigenvalue weighted by Crippen LogP contribution is 2.32. The van der Waals surface area contributed by atoms with Crippen LogP contribution in [0.4, 0.5) is 4.39 Å². The van der Waals surface area contributed by atoms with Crippen molar-refractivity contribution < 1.29 is 4.39 Å². The number of hydrogen-bond acceptors (Lipinski definition) is 5. The number of nitrogens with zero attached hydrogens (tertiary/aromatic N) is 4. The highest BCUT2D eigenvalue weighted by molar-refractivity contribution is 6.44. The molecule has 1 aromatic rings. The quantitative estimate of drug-likeness (QED) is 0.681. The minimum absolute atomic E-state index is 0.121. The summed E-state index contributed by atoms with van der Waals surface area (Å²) in [6.45, 7) is 0.427. The average molecular weight is 457 g/mol.